The molecule has 0 aliphatic heterocycles. The zero-order chi connectivity index (χ0) is 14.0. The predicted molar refractivity (Wildman–Crippen MR) is 64.9 cm³/mol. The van der Waals surface area contributed by atoms with Crippen LogP contribution in [0.15, 0.2) is 18.3 Å². The number of nitrogens with two attached hydrogens (primary N) is 1. The van der Waals surface area contributed by atoms with Gasteiger partial charge in [0.1, 0.15) is 5.56 Å². The lowest BCUT2D eigenvalue weighted by Crippen LogP contribution is -2.15. The van der Waals surface area contributed by atoms with E-state index < -0.39 is 12.5 Å². The Morgan fingerprint density at radius 1 is 1.63 bits per heavy atom. The van der Waals surface area contributed by atoms with Gasteiger partial charge in [-0.1, -0.05) is 0 Å². The summed E-state index contributed by atoms with van der Waals surface area (Å²) in [7, 11) is 0. The fraction of sp³-hybridized carbons (Fsp3) is 0.273. The molecule has 8 heteroatoms. The van der Waals surface area contributed by atoms with Gasteiger partial charge in [0.25, 0.3) is 5.91 Å². The molecule has 0 aliphatic carbocycles. The molecule has 0 aliphatic rings. The first-order valence-corrected chi connectivity index (χ1v) is 5.53. The minimum absolute atomic E-state index is 0.113. The van der Waals surface area contributed by atoms with Gasteiger partial charge in [-0.15, -0.1) is 0 Å². The first kappa shape index (κ1) is 13.1. The van der Waals surface area contributed by atoms with Crippen molar-refractivity contribution in [2.45, 2.75) is 20.0 Å². The van der Waals surface area contributed by atoms with E-state index in [0.29, 0.717) is 11.4 Å². The largest absolute Gasteiger partial charge is 0.365 e. The van der Waals surface area contributed by atoms with Gasteiger partial charge in [0.05, 0.1) is 6.54 Å². The number of hydrogen-bond acceptors (Lipinski definition) is 3. The fourth-order valence-corrected chi connectivity index (χ4v) is 1.80. The van der Waals surface area contributed by atoms with Crippen LogP contribution in [0.1, 0.15) is 28.3 Å². The SMILES string of the molecule is Cc1[nH]nc(NCc2cccn2C(F)F)c1C(N)=O. The van der Waals surface area contributed by atoms with Crippen molar-refractivity contribution in [3.05, 3.63) is 35.3 Å². The molecule has 2 rings (SSSR count). The van der Waals surface area contributed by atoms with E-state index in [0.717, 1.165) is 4.57 Å². The number of aromatic nitrogens is 3. The number of carbonyl (C=O) groups is 1. The maximum absolute atomic E-state index is 12.6. The van der Waals surface area contributed by atoms with Crippen molar-refractivity contribution in [1.29, 1.82) is 0 Å². The van der Waals surface area contributed by atoms with Crippen LogP contribution < -0.4 is 11.1 Å². The van der Waals surface area contributed by atoms with Crippen molar-refractivity contribution < 1.29 is 13.6 Å². The van der Waals surface area contributed by atoms with Gasteiger partial charge < -0.3 is 11.1 Å². The molecule has 0 spiro atoms. The van der Waals surface area contributed by atoms with Crippen molar-refractivity contribution >= 4 is 11.7 Å². The average Bonchev–Trinajstić information content (AvgIpc) is 2.92. The van der Waals surface area contributed by atoms with Crippen molar-refractivity contribution in [1.82, 2.24) is 14.8 Å². The highest BCUT2D eigenvalue weighted by molar-refractivity contribution is 5.98. The Hall–Kier alpha value is -2.38. The standard InChI is InChI=1S/C11H13F2N5O/c1-6-8(9(14)19)10(17-16-6)15-5-7-3-2-4-18(7)11(12)13/h2-4,11H,5H2,1H3,(H2,14,19)(H2,15,16,17). The molecule has 0 atom stereocenters. The Morgan fingerprint density at radius 3 is 3.00 bits per heavy atom. The topological polar surface area (TPSA) is 88.7 Å². The molecule has 2 aromatic heterocycles. The zero-order valence-corrected chi connectivity index (χ0v) is 10.2. The highest BCUT2D eigenvalue weighted by Gasteiger charge is 2.16. The molecule has 102 valence electrons. The van der Waals surface area contributed by atoms with E-state index in [2.05, 4.69) is 15.5 Å². The van der Waals surface area contributed by atoms with Crippen LogP contribution in [0.25, 0.3) is 0 Å². The van der Waals surface area contributed by atoms with E-state index in [4.69, 9.17) is 5.73 Å². The summed E-state index contributed by atoms with van der Waals surface area (Å²) >= 11 is 0. The summed E-state index contributed by atoms with van der Waals surface area (Å²) < 4.78 is 26.1. The molecule has 2 aromatic rings. The highest BCUT2D eigenvalue weighted by atomic mass is 19.3. The van der Waals surface area contributed by atoms with Crippen LogP contribution in [0.3, 0.4) is 0 Å². The Balaban J connectivity index is 2.15. The summed E-state index contributed by atoms with van der Waals surface area (Å²) in [6.07, 6.45) is 1.28. The highest BCUT2D eigenvalue weighted by Crippen LogP contribution is 2.18. The molecular formula is C11H13F2N5O. The summed E-state index contributed by atoms with van der Waals surface area (Å²) in [5.41, 5.74) is 6.36. The molecule has 0 bridgehead atoms. The van der Waals surface area contributed by atoms with Crippen LogP contribution in [0.4, 0.5) is 14.6 Å². The molecule has 1 amide bonds. The van der Waals surface area contributed by atoms with Crippen LogP contribution >= 0.6 is 0 Å². The Kier molecular flexibility index (Phi) is 3.50. The number of alkyl halides is 2. The van der Waals surface area contributed by atoms with E-state index in [1.54, 1.807) is 13.0 Å². The number of aryl methyl sites for hydroxylation is 1. The van der Waals surface area contributed by atoms with E-state index >= 15 is 0 Å². The third kappa shape index (κ3) is 2.56. The van der Waals surface area contributed by atoms with Gasteiger partial charge in [-0.3, -0.25) is 14.5 Å². The molecule has 0 aromatic carbocycles. The second-order valence-corrected chi connectivity index (χ2v) is 3.97. The van der Waals surface area contributed by atoms with Crippen LogP contribution in [0.2, 0.25) is 0 Å². The minimum Gasteiger partial charge on any atom is -0.365 e. The number of halogens is 2. The van der Waals surface area contributed by atoms with Gasteiger partial charge in [0, 0.05) is 17.6 Å². The van der Waals surface area contributed by atoms with Crippen molar-refractivity contribution in [2.24, 2.45) is 5.73 Å². The molecule has 0 saturated carbocycles. The average molecular weight is 269 g/mol. The van der Waals surface area contributed by atoms with E-state index in [1.165, 1.54) is 12.3 Å². The van der Waals surface area contributed by atoms with E-state index in [-0.39, 0.29) is 17.9 Å². The number of anilines is 1. The zero-order valence-electron chi connectivity index (χ0n) is 10.2. The molecule has 0 unspecified atom stereocenters. The third-order valence-electron chi connectivity index (χ3n) is 2.71. The Morgan fingerprint density at radius 2 is 2.37 bits per heavy atom. The van der Waals surface area contributed by atoms with Crippen LogP contribution in [0, 0.1) is 6.92 Å². The first-order chi connectivity index (χ1) is 9.00. The van der Waals surface area contributed by atoms with Gasteiger partial charge in [0.15, 0.2) is 5.82 Å². The van der Waals surface area contributed by atoms with Gasteiger partial charge >= 0.3 is 6.55 Å². The second-order valence-electron chi connectivity index (χ2n) is 3.97. The molecular weight excluding hydrogens is 256 g/mol. The summed E-state index contributed by atoms with van der Waals surface area (Å²) in [6.45, 7) is -0.842. The summed E-state index contributed by atoms with van der Waals surface area (Å²) in [5.74, 6) is -0.370. The molecule has 0 fully saturated rings. The summed E-state index contributed by atoms with van der Waals surface area (Å²) in [6, 6.07) is 3.08. The number of nitrogens with one attached hydrogen (secondary N) is 2. The number of primary amides is 1. The van der Waals surface area contributed by atoms with E-state index in [1.807, 2.05) is 0 Å². The number of H-pyrrole nitrogens is 1. The first-order valence-electron chi connectivity index (χ1n) is 5.53. The van der Waals surface area contributed by atoms with Crippen molar-refractivity contribution in [3.8, 4) is 0 Å². The fourth-order valence-electron chi connectivity index (χ4n) is 1.80. The number of aromatic amines is 1. The number of rotatable bonds is 5. The number of hydrogen-bond donors (Lipinski definition) is 3. The van der Waals surface area contributed by atoms with Gasteiger partial charge in [-0.25, -0.2) is 0 Å². The second kappa shape index (κ2) is 5.09. The lowest BCUT2D eigenvalue weighted by molar-refractivity contribution is 0.0680. The van der Waals surface area contributed by atoms with Crippen LogP contribution in [0.5, 0.6) is 0 Å². The molecule has 6 nitrogen and oxygen atoms in total. The quantitative estimate of drug-likeness (QED) is 0.770. The summed E-state index contributed by atoms with van der Waals surface area (Å²) in [4.78, 5) is 11.2. The lowest BCUT2D eigenvalue weighted by Gasteiger charge is -2.09. The molecule has 0 radical (unpaired) electrons. The molecule has 0 saturated heterocycles. The number of carbonyl (C=O) groups excluding carboxylic acids is 1. The van der Waals surface area contributed by atoms with Crippen molar-refractivity contribution in [3.63, 3.8) is 0 Å². The lowest BCUT2D eigenvalue weighted by atomic mass is 10.2. The maximum atomic E-state index is 12.6. The molecule has 19 heavy (non-hydrogen) atoms. The third-order valence-corrected chi connectivity index (χ3v) is 2.71. The van der Waals surface area contributed by atoms with Crippen LogP contribution in [-0.2, 0) is 6.54 Å². The number of nitrogens with zero attached hydrogens (tertiary/aromatic N) is 2. The minimum atomic E-state index is -2.61. The van der Waals surface area contributed by atoms with E-state index in [9.17, 15) is 13.6 Å². The van der Waals surface area contributed by atoms with Crippen LogP contribution in [-0.4, -0.2) is 20.7 Å². The smallest absolute Gasteiger partial charge is 0.318 e. The van der Waals surface area contributed by atoms with Gasteiger partial charge in [0.2, 0.25) is 0 Å². The van der Waals surface area contributed by atoms with Gasteiger partial charge in [-0.05, 0) is 19.1 Å². The normalized spacial score (nSPS) is 10.9. The maximum Gasteiger partial charge on any atom is 0.318 e. The monoisotopic (exact) mass is 269 g/mol. The van der Waals surface area contributed by atoms with Gasteiger partial charge in [-0.2, -0.15) is 13.9 Å². The predicted octanol–water partition coefficient (Wildman–Crippen LogP) is 1.63. The Labute approximate surface area is 107 Å². The summed E-state index contributed by atoms with van der Waals surface area (Å²) in [5, 5.41) is 9.31. The number of amides is 1. The Bertz CT molecular complexity index is 590. The van der Waals surface area contributed by atoms with Crippen molar-refractivity contribution in [2.75, 3.05) is 5.32 Å². The molecule has 4 N–H and O–H groups in total. The molecule has 2 heterocycles.